The summed E-state index contributed by atoms with van der Waals surface area (Å²) in [4.78, 5) is 0.148. The lowest BCUT2D eigenvalue weighted by Crippen LogP contribution is -2.18. The van der Waals surface area contributed by atoms with E-state index < -0.39 is 10.0 Å². The number of sulfonamides is 1. The van der Waals surface area contributed by atoms with Gasteiger partial charge in [0.25, 0.3) is 10.0 Å². The maximum absolute atomic E-state index is 12.5. The van der Waals surface area contributed by atoms with Gasteiger partial charge in [-0.2, -0.15) is 5.10 Å². The zero-order valence-electron chi connectivity index (χ0n) is 11.5. The number of nitrogens with one attached hydrogen (secondary N) is 2. The van der Waals surface area contributed by atoms with Gasteiger partial charge in [0.05, 0.1) is 0 Å². The summed E-state index contributed by atoms with van der Waals surface area (Å²) in [6.07, 6.45) is 1.47. The highest BCUT2D eigenvalue weighted by atomic mass is 32.2. The van der Waals surface area contributed by atoms with E-state index in [1.807, 2.05) is 0 Å². The molecule has 2 rings (SSSR count). The Bertz CT molecular complexity index is 695. The second kappa shape index (κ2) is 5.59. The molecule has 0 spiro atoms. The first kappa shape index (κ1) is 14.5. The highest BCUT2D eigenvalue weighted by Crippen LogP contribution is 2.27. The van der Waals surface area contributed by atoms with E-state index in [4.69, 9.17) is 4.42 Å². The fraction of sp³-hybridized carbons (Fsp3) is 0.333. The van der Waals surface area contributed by atoms with Crippen LogP contribution in [0.2, 0.25) is 0 Å². The van der Waals surface area contributed by atoms with Crippen molar-refractivity contribution in [2.75, 3.05) is 11.8 Å². The molecule has 0 aromatic carbocycles. The zero-order valence-corrected chi connectivity index (χ0v) is 12.3. The van der Waals surface area contributed by atoms with Crippen molar-refractivity contribution in [1.82, 2.24) is 15.5 Å². The first-order chi connectivity index (χ1) is 9.45. The number of anilines is 1. The van der Waals surface area contributed by atoms with E-state index in [1.165, 1.54) is 12.3 Å². The topological polar surface area (TPSA) is 97.1 Å². The Morgan fingerprint density at radius 2 is 2.05 bits per heavy atom. The summed E-state index contributed by atoms with van der Waals surface area (Å²) in [5, 5.41) is 10.3. The van der Waals surface area contributed by atoms with E-state index >= 15 is 0 Å². The molecule has 20 heavy (non-hydrogen) atoms. The predicted molar refractivity (Wildman–Crippen MR) is 73.8 cm³/mol. The Morgan fingerprint density at radius 3 is 2.65 bits per heavy atom. The summed E-state index contributed by atoms with van der Waals surface area (Å²) in [6, 6.07) is 3.14. The third kappa shape index (κ3) is 2.81. The highest BCUT2D eigenvalue weighted by Gasteiger charge is 2.26. The largest absolute Gasteiger partial charge is 0.465 e. The lowest BCUT2D eigenvalue weighted by Gasteiger charge is -2.08. The maximum atomic E-state index is 12.5. The van der Waals surface area contributed by atoms with Crippen molar-refractivity contribution in [3.8, 4) is 0 Å². The van der Waals surface area contributed by atoms with Crippen molar-refractivity contribution in [3.05, 3.63) is 35.4 Å². The molecule has 108 valence electrons. The molecule has 0 atom stereocenters. The van der Waals surface area contributed by atoms with E-state index in [9.17, 15) is 8.42 Å². The van der Waals surface area contributed by atoms with Gasteiger partial charge >= 0.3 is 0 Å². The maximum Gasteiger partial charge on any atom is 0.266 e. The molecule has 0 aliphatic rings. The van der Waals surface area contributed by atoms with Crippen LogP contribution in [0.4, 0.5) is 5.82 Å². The van der Waals surface area contributed by atoms with E-state index in [0.29, 0.717) is 23.6 Å². The van der Waals surface area contributed by atoms with Gasteiger partial charge in [0.1, 0.15) is 16.4 Å². The molecule has 8 heteroatoms. The van der Waals surface area contributed by atoms with Gasteiger partial charge in [-0.25, -0.2) is 8.42 Å². The van der Waals surface area contributed by atoms with Gasteiger partial charge in [0.15, 0.2) is 5.82 Å². The molecule has 0 saturated carbocycles. The minimum atomic E-state index is -3.76. The van der Waals surface area contributed by atoms with Gasteiger partial charge < -0.3 is 9.73 Å². The summed E-state index contributed by atoms with van der Waals surface area (Å²) in [5.41, 5.74) is 0.612. The Balaban J connectivity index is 2.44. The number of rotatable bonds is 5. The molecular formula is C12H16N4O3S. The monoisotopic (exact) mass is 296 g/mol. The quantitative estimate of drug-likeness (QED) is 0.860. The molecule has 0 aliphatic heterocycles. The van der Waals surface area contributed by atoms with Gasteiger partial charge in [-0.1, -0.05) is 0 Å². The number of hydrogen-bond donors (Lipinski definition) is 2. The third-order valence-corrected chi connectivity index (χ3v) is 4.31. The van der Waals surface area contributed by atoms with Crippen LogP contribution >= 0.6 is 0 Å². The molecule has 2 aromatic rings. The molecule has 0 saturated heterocycles. The predicted octanol–water partition coefficient (Wildman–Crippen LogP) is 1.21. The zero-order chi connectivity index (χ0) is 14.8. The Kier molecular flexibility index (Phi) is 4.05. The fourth-order valence-electron chi connectivity index (χ4n) is 1.99. The molecule has 0 amide bonds. The van der Waals surface area contributed by atoms with Gasteiger partial charge in [-0.15, -0.1) is 5.10 Å². The molecule has 0 bridgehead atoms. The molecule has 2 N–H and O–H groups in total. The highest BCUT2D eigenvalue weighted by molar-refractivity contribution is 7.92. The molecule has 0 unspecified atom stereocenters. The smallest absolute Gasteiger partial charge is 0.266 e. The summed E-state index contributed by atoms with van der Waals surface area (Å²) in [5.74, 6) is 1.10. The number of nitrogens with zero attached hydrogens (tertiary/aromatic N) is 2. The average molecular weight is 296 g/mol. The van der Waals surface area contributed by atoms with E-state index in [-0.39, 0.29) is 10.7 Å². The molecule has 2 heterocycles. The van der Waals surface area contributed by atoms with Crippen molar-refractivity contribution in [1.29, 1.82) is 0 Å². The molecule has 2 aromatic heterocycles. The van der Waals surface area contributed by atoms with Crippen molar-refractivity contribution in [2.45, 2.75) is 25.3 Å². The minimum absolute atomic E-state index is 0.148. The van der Waals surface area contributed by atoms with Crippen molar-refractivity contribution >= 4 is 15.8 Å². The normalized spacial score (nSPS) is 11.6. The molecule has 0 aliphatic carbocycles. The SMILES string of the molecule is CNCc1c(C)oc(C)c1S(=O)(=O)Nc1cccnn1. The van der Waals surface area contributed by atoms with Crippen LogP contribution in [0, 0.1) is 13.8 Å². The summed E-state index contributed by atoms with van der Waals surface area (Å²) in [6.45, 7) is 3.76. The summed E-state index contributed by atoms with van der Waals surface area (Å²) >= 11 is 0. The van der Waals surface area contributed by atoms with Crippen LogP contribution < -0.4 is 10.0 Å². The first-order valence-electron chi connectivity index (χ1n) is 5.99. The molecular weight excluding hydrogens is 280 g/mol. The Labute approximate surface area is 117 Å². The van der Waals surface area contributed by atoms with E-state index in [2.05, 4.69) is 20.2 Å². The van der Waals surface area contributed by atoms with Gasteiger partial charge in [0, 0.05) is 18.3 Å². The average Bonchev–Trinajstić information content (AvgIpc) is 2.66. The number of aromatic nitrogens is 2. The lowest BCUT2D eigenvalue weighted by atomic mass is 10.2. The van der Waals surface area contributed by atoms with Crippen molar-refractivity contribution in [3.63, 3.8) is 0 Å². The lowest BCUT2D eigenvalue weighted by molar-refractivity contribution is 0.494. The van der Waals surface area contributed by atoms with Gasteiger partial charge in [-0.3, -0.25) is 4.72 Å². The van der Waals surface area contributed by atoms with E-state index in [1.54, 1.807) is 27.0 Å². The second-order valence-corrected chi connectivity index (χ2v) is 5.89. The van der Waals surface area contributed by atoms with Crippen LogP contribution in [0.1, 0.15) is 17.1 Å². The van der Waals surface area contributed by atoms with Crippen LogP contribution in [-0.2, 0) is 16.6 Å². The Hall–Kier alpha value is -1.93. The van der Waals surface area contributed by atoms with Crippen molar-refractivity contribution in [2.24, 2.45) is 0 Å². The fourth-order valence-corrected chi connectivity index (χ4v) is 3.43. The standard InChI is InChI=1S/C12H16N4O3S/c1-8-10(7-13-3)12(9(2)19-8)20(17,18)16-11-5-4-6-14-15-11/h4-6,13H,7H2,1-3H3,(H,15,16). The van der Waals surface area contributed by atoms with Gasteiger partial charge in [-0.05, 0) is 33.0 Å². The van der Waals surface area contributed by atoms with Crippen LogP contribution in [0.3, 0.4) is 0 Å². The second-order valence-electron chi connectivity index (χ2n) is 4.27. The minimum Gasteiger partial charge on any atom is -0.465 e. The summed E-state index contributed by atoms with van der Waals surface area (Å²) in [7, 11) is -2.02. The Morgan fingerprint density at radius 1 is 1.30 bits per heavy atom. The first-order valence-corrected chi connectivity index (χ1v) is 7.48. The van der Waals surface area contributed by atoms with Gasteiger partial charge in [0.2, 0.25) is 0 Å². The number of furan rings is 1. The van der Waals surface area contributed by atoms with Crippen LogP contribution in [0.5, 0.6) is 0 Å². The van der Waals surface area contributed by atoms with Crippen LogP contribution in [-0.4, -0.2) is 25.7 Å². The summed E-state index contributed by atoms with van der Waals surface area (Å²) < 4.78 is 32.8. The molecule has 0 fully saturated rings. The molecule has 0 radical (unpaired) electrons. The third-order valence-electron chi connectivity index (χ3n) is 2.76. The van der Waals surface area contributed by atoms with Crippen LogP contribution in [0.15, 0.2) is 27.6 Å². The van der Waals surface area contributed by atoms with Crippen molar-refractivity contribution < 1.29 is 12.8 Å². The van der Waals surface area contributed by atoms with Crippen LogP contribution in [0.25, 0.3) is 0 Å². The number of hydrogen-bond acceptors (Lipinski definition) is 6. The molecule has 7 nitrogen and oxygen atoms in total. The number of aryl methyl sites for hydroxylation is 2. The van der Waals surface area contributed by atoms with E-state index in [0.717, 1.165) is 0 Å².